The van der Waals surface area contributed by atoms with Crippen molar-refractivity contribution in [3.8, 4) is 58.2 Å². The van der Waals surface area contributed by atoms with Crippen LogP contribution in [0.5, 0.6) is 0 Å². The first-order valence-corrected chi connectivity index (χ1v) is 16.4. The minimum absolute atomic E-state index is 0.495. The summed E-state index contributed by atoms with van der Waals surface area (Å²) in [5.41, 5.74) is 15.1. The third kappa shape index (κ3) is 3.75. The van der Waals surface area contributed by atoms with Gasteiger partial charge in [0.1, 0.15) is 0 Å². The SMILES string of the molecule is C#CC#CC.Cn1ccc2c1ccc1c3cccc4c3n(c12)-c1ccccc1C41c2ccccc2-c2ccc(-c3cccc(C#N)c3)cc21. The van der Waals surface area contributed by atoms with Crippen LogP contribution in [0.4, 0.5) is 0 Å². The van der Waals surface area contributed by atoms with Gasteiger partial charge in [-0.3, -0.25) is 0 Å². The highest BCUT2D eigenvalue weighted by Gasteiger charge is 2.50. The van der Waals surface area contributed by atoms with Crippen LogP contribution in [0, 0.1) is 35.5 Å². The van der Waals surface area contributed by atoms with Gasteiger partial charge in [0.2, 0.25) is 0 Å². The molecule has 3 heterocycles. The van der Waals surface area contributed by atoms with Crippen molar-refractivity contribution >= 4 is 32.7 Å². The monoisotopic (exact) mass is 623 g/mol. The molecule has 0 fully saturated rings. The van der Waals surface area contributed by atoms with Crippen molar-refractivity contribution in [1.82, 2.24) is 9.13 Å². The maximum atomic E-state index is 9.64. The highest BCUT2D eigenvalue weighted by Crippen LogP contribution is 2.61. The molecule has 10 rings (SSSR count). The molecule has 3 nitrogen and oxygen atoms in total. The minimum atomic E-state index is -0.495. The van der Waals surface area contributed by atoms with Crippen molar-refractivity contribution in [2.75, 3.05) is 0 Å². The molecule has 0 saturated carbocycles. The Bertz CT molecular complexity index is 2840. The molecule has 1 atom stereocenters. The van der Waals surface area contributed by atoms with E-state index in [1.807, 2.05) is 18.2 Å². The van der Waals surface area contributed by atoms with E-state index in [1.165, 1.54) is 71.8 Å². The molecule has 0 N–H and O–H groups in total. The topological polar surface area (TPSA) is 33.6 Å². The Kier molecular flexibility index (Phi) is 6.19. The average Bonchev–Trinajstić information content (AvgIpc) is 3.80. The van der Waals surface area contributed by atoms with E-state index in [2.05, 4.69) is 155 Å². The van der Waals surface area contributed by atoms with E-state index in [1.54, 1.807) is 6.92 Å². The lowest BCUT2D eigenvalue weighted by Gasteiger charge is -2.39. The Hall–Kier alpha value is -6.73. The van der Waals surface area contributed by atoms with Gasteiger partial charge < -0.3 is 9.13 Å². The summed E-state index contributed by atoms with van der Waals surface area (Å²) in [5.74, 6) is 7.08. The van der Waals surface area contributed by atoms with E-state index in [0.29, 0.717) is 5.56 Å². The number of hydrogen-bond donors (Lipinski definition) is 0. The van der Waals surface area contributed by atoms with Crippen molar-refractivity contribution in [1.29, 1.82) is 5.26 Å². The van der Waals surface area contributed by atoms with Crippen molar-refractivity contribution in [3.05, 3.63) is 161 Å². The van der Waals surface area contributed by atoms with Crippen molar-refractivity contribution in [3.63, 3.8) is 0 Å². The molecule has 1 spiro atoms. The fraction of sp³-hybridized carbons (Fsp3) is 0.0652. The van der Waals surface area contributed by atoms with Crippen LogP contribution in [0.15, 0.2) is 134 Å². The second-order valence-corrected chi connectivity index (χ2v) is 12.6. The third-order valence-corrected chi connectivity index (χ3v) is 10.3. The number of nitrogens with zero attached hydrogens (tertiary/aromatic N) is 3. The number of hydrogen-bond acceptors (Lipinski definition) is 1. The summed E-state index contributed by atoms with van der Waals surface area (Å²) >= 11 is 0. The van der Waals surface area contributed by atoms with Crippen molar-refractivity contribution in [2.45, 2.75) is 12.3 Å². The molecule has 0 amide bonds. The quantitative estimate of drug-likeness (QED) is 0.168. The number of aromatic nitrogens is 2. The second kappa shape index (κ2) is 10.7. The predicted octanol–water partition coefficient (Wildman–Crippen LogP) is 10.1. The molecule has 0 bridgehead atoms. The van der Waals surface area contributed by atoms with Gasteiger partial charge in [0.15, 0.2) is 0 Å². The van der Waals surface area contributed by atoms with Crippen LogP contribution in [0.1, 0.15) is 34.7 Å². The smallest absolute Gasteiger partial charge is 0.0991 e. The summed E-state index contributed by atoms with van der Waals surface area (Å²) in [4.78, 5) is 0. The average molecular weight is 624 g/mol. The number of terminal acetylenes is 1. The molecule has 2 aliphatic rings. The summed E-state index contributed by atoms with van der Waals surface area (Å²) in [6, 6.07) is 48.8. The van der Waals surface area contributed by atoms with Crippen LogP contribution in [-0.4, -0.2) is 9.13 Å². The molecular weight excluding hydrogens is 595 g/mol. The third-order valence-electron chi connectivity index (χ3n) is 10.3. The van der Waals surface area contributed by atoms with Crippen LogP contribution in [-0.2, 0) is 12.5 Å². The maximum absolute atomic E-state index is 9.64. The van der Waals surface area contributed by atoms with Gasteiger partial charge in [0.25, 0.3) is 0 Å². The lowest BCUT2D eigenvalue weighted by Crippen LogP contribution is -2.33. The molecule has 1 aliphatic heterocycles. The number of aryl methyl sites for hydroxylation is 1. The van der Waals surface area contributed by atoms with E-state index < -0.39 is 5.41 Å². The van der Waals surface area contributed by atoms with Crippen LogP contribution in [0.25, 0.3) is 60.6 Å². The molecule has 8 aromatic rings. The minimum Gasteiger partial charge on any atom is -0.350 e. The van der Waals surface area contributed by atoms with Gasteiger partial charge >= 0.3 is 0 Å². The van der Waals surface area contributed by atoms with E-state index in [4.69, 9.17) is 6.42 Å². The summed E-state index contributed by atoms with van der Waals surface area (Å²) in [6.45, 7) is 1.71. The molecule has 1 unspecified atom stereocenters. The highest BCUT2D eigenvalue weighted by molar-refractivity contribution is 6.20. The van der Waals surface area contributed by atoms with Gasteiger partial charge in [-0.2, -0.15) is 5.26 Å². The van der Waals surface area contributed by atoms with Crippen LogP contribution >= 0.6 is 0 Å². The largest absolute Gasteiger partial charge is 0.350 e. The first-order chi connectivity index (χ1) is 24.1. The van der Waals surface area contributed by atoms with Gasteiger partial charge in [-0.25, -0.2) is 0 Å². The van der Waals surface area contributed by atoms with E-state index >= 15 is 0 Å². The lowest BCUT2D eigenvalue weighted by atomic mass is 9.65. The highest BCUT2D eigenvalue weighted by atomic mass is 15.0. The molecule has 0 radical (unpaired) electrons. The molecule has 2 aromatic heterocycles. The molecule has 1 aliphatic carbocycles. The van der Waals surface area contributed by atoms with Gasteiger partial charge in [-0.15, -0.1) is 6.42 Å². The number of rotatable bonds is 1. The normalized spacial score (nSPS) is 14.6. The Labute approximate surface area is 285 Å². The molecular formula is C46H29N3. The zero-order chi connectivity index (χ0) is 33.3. The van der Waals surface area contributed by atoms with Crippen LogP contribution in [0.2, 0.25) is 0 Å². The Morgan fingerprint density at radius 1 is 0.633 bits per heavy atom. The number of benzene rings is 6. The summed E-state index contributed by atoms with van der Waals surface area (Å²) < 4.78 is 4.74. The molecule has 6 aromatic carbocycles. The molecule has 0 saturated heterocycles. The van der Waals surface area contributed by atoms with Crippen LogP contribution in [0.3, 0.4) is 0 Å². The Morgan fingerprint density at radius 3 is 2.18 bits per heavy atom. The van der Waals surface area contributed by atoms with Crippen molar-refractivity contribution < 1.29 is 0 Å². The lowest BCUT2D eigenvalue weighted by molar-refractivity contribution is 0.749. The zero-order valence-corrected chi connectivity index (χ0v) is 27.1. The maximum Gasteiger partial charge on any atom is 0.0991 e. The summed E-state index contributed by atoms with van der Waals surface area (Å²) in [5, 5.41) is 13.5. The summed E-state index contributed by atoms with van der Waals surface area (Å²) in [7, 11) is 2.12. The Balaban J connectivity index is 0.000000609. The molecule has 228 valence electrons. The second-order valence-electron chi connectivity index (χ2n) is 12.6. The Morgan fingerprint density at radius 2 is 1.37 bits per heavy atom. The first-order valence-electron chi connectivity index (χ1n) is 16.4. The fourth-order valence-corrected chi connectivity index (χ4v) is 8.46. The van der Waals surface area contributed by atoms with Gasteiger partial charge in [0, 0.05) is 34.9 Å². The van der Waals surface area contributed by atoms with E-state index in [-0.39, 0.29) is 0 Å². The first kappa shape index (κ1) is 28.5. The number of fused-ring (bicyclic) bond motifs is 14. The van der Waals surface area contributed by atoms with Crippen LogP contribution < -0.4 is 0 Å². The van der Waals surface area contributed by atoms with E-state index in [9.17, 15) is 5.26 Å². The van der Waals surface area contributed by atoms with Gasteiger partial charge in [0.05, 0.1) is 33.8 Å². The standard InChI is InChI=1S/C41H25N3.C5H4/c1-43-21-20-32-37(43)19-18-31-30-11-7-14-35-40(30)44(39(31)32)38-15-5-4-13-34(38)41(35)33-12-3-2-10-28(33)29-17-16-27(23-36(29)41)26-9-6-8-25(22-26)24-42;1-3-5-4-2/h2-23H,1H3;1H,2H3. The van der Waals surface area contributed by atoms with E-state index in [0.717, 1.165) is 11.1 Å². The summed E-state index contributed by atoms with van der Waals surface area (Å²) in [6.07, 6.45) is 6.88. The fourth-order valence-electron chi connectivity index (χ4n) is 8.46. The molecule has 3 heteroatoms. The van der Waals surface area contributed by atoms with Crippen molar-refractivity contribution in [2.24, 2.45) is 7.05 Å². The van der Waals surface area contributed by atoms with Gasteiger partial charge in [-0.1, -0.05) is 96.9 Å². The number of para-hydroxylation sites is 2. The number of nitriles is 1. The van der Waals surface area contributed by atoms with Gasteiger partial charge in [-0.05, 0) is 99.7 Å². The molecule has 49 heavy (non-hydrogen) atoms. The predicted molar refractivity (Wildman–Crippen MR) is 201 cm³/mol. The zero-order valence-electron chi connectivity index (χ0n) is 27.1.